The SMILES string of the molecule is C[C@]12[C@@H]3[C@@H]4[C@@H]5[C@@H]4[C@H]1n1c(=O)n(-c4ccccc4)c(=O)n1[C@H]5[C@H]32. The van der Waals surface area contributed by atoms with Crippen LogP contribution < -0.4 is 11.4 Å². The zero-order valence-corrected chi connectivity index (χ0v) is 12.1. The van der Waals surface area contributed by atoms with Gasteiger partial charge in [-0.05, 0) is 47.1 Å². The first kappa shape index (κ1) is 10.6. The Morgan fingerprint density at radius 2 is 1.64 bits per heavy atom. The standard InChI is InChI=1S/C17H15N3O2/c1-17-11-8-9-10(8)14(17)20-16(22)18(7-5-3-2-4-6-7)15(21)19(20)13(9)12(11)17/h2-6,8-14H,1H3/t8-,9-,10-,11-,12+,13-,14-,17-/m1/s1. The van der Waals surface area contributed by atoms with Crippen molar-refractivity contribution < 1.29 is 0 Å². The fourth-order valence-corrected chi connectivity index (χ4v) is 7.16. The van der Waals surface area contributed by atoms with Crippen molar-refractivity contribution in [1.82, 2.24) is 13.9 Å². The zero-order valence-electron chi connectivity index (χ0n) is 12.1. The Kier molecular flexibility index (Phi) is 1.29. The maximum Gasteiger partial charge on any atom is 0.352 e. The summed E-state index contributed by atoms with van der Waals surface area (Å²) < 4.78 is 5.04. The Hall–Kier alpha value is -2.04. The van der Waals surface area contributed by atoms with Crippen molar-refractivity contribution in [3.05, 3.63) is 51.3 Å². The number of nitrogens with zero attached hydrogens (tertiary/aromatic N) is 3. The third-order valence-corrected chi connectivity index (χ3v) is 7.65. The summed E-state index contributed by atoms with van der Waals surface area (Å²) in [6, 6.07) is 9.89. The minimum absolute atomic E-state index is 0.134. The molecule has 4 saturated carbocycles. The Labute approximate surface area is 125 Å². The topological polar surface area (TPSA) is 48.9 Å². The molecule has 1 aromatic heterocycles. The van der Waals surface area contributed by atoms with Gasteiger partial charge in [-0.1, -0.05) is 25.1 Å². The van der Waals surface area contributed by atoms with Crippen LogP contribution in [0.5, 0.6) is 0 Å². The Morgan fingerprint density at radius 1 is 0.909 bits per heavy atom. The number of benzene rings is 1. The van der Waals surface area contributed by atoms with Gasteiger partial charge >= 0.3 is 11.4 Å². The Morgan fingerprint density at radius 3 is 2.32 bits per heavy atom. The molecular weight excluding hydrogens is 278 g/mol. The van der Waals surface area contributed by atoms with Crippen molar-refractivity contribution >= 4 is 0 Å². The van der Waals surface area contributed by atoms with E-state index in [2.05, 4.69) is 6.92 Å². The van der Waals surface area contributed by atoms with Crippen LogP contribution in [-0.4, -0.2) is 13.9 Å². The lowest BCUT2D eigenvalue weighted by Crippen LogP contribution is -2.48. The van der Waals surface area contributed by atoms with E-state index >= 15 is 0 Å². The first-order valence-electron chi connectivity index (χ1n) is 8.19. The van der Waals surface area contributed by atoms with E-state index in [0.717, 1.165) is 11.8 Å². The average molecular weight is 293 g/mol. The molecule has 3 heterocycles. The van der Waals surface area contributed by atoms with Gasteiger partial charge in [0.2, 0.25) is 0 Å². The summed E-state index contributed by atoms with van der Waals surface area (Å²) in [7, 11) is 0. The second-order valence-corrected chi connectivity index (χ2v) is 8.01. The minimum atomic E-state index is -0.137. The van der Waals surface area contributed by atoms with Crippen molar-refractivity contribution in [2.45, 2.75) is 19.0 Å². The molecule has 1 aromatic carbocycles. The maximum atomic E-state index is 13.0. The molecule has 8 atom stereocenters. The van der Waals surface area contributed by atoms with Gasteiger partial charge in [0.1, 0.15) is 0 Å². The van der Waals surface area contributed by atoms with Gasteiger partial charge in [-0.25, -0.2) is 23.5 Å². The minimum Gasteiger partial charge on any atom is -0.245 e. The summed E-state index contributed by atoms with van der Waals surface area (Å²) in [6.45, 7) is 2.35. The molecule has 0 amide bonds. The summed E-state index contributed by atoms with van der Waals surface area (Å²) in [5, 5.41) is 0. The van der Waals surface area contributed by atoms with Crippen LogP contribution in [0.2, 0.25) is 0 Å². The van der Waals surface area contributed by atoms with Crippen molar-refractivity contribution in [3.8, 4) is 5.69 Å². The van der Waals surface area contributed by atoms with Crippen LogP contribution in [0, 0.1) is 35.0 Å². The lowest BCUT2D eigenvalue weighted by atomic mass is 9.80. The van der Waals surface area contributed by atoms with Crippen LogP contribution >= 0.6 is 0 Å². The van der Waals surface area contributed by atoms with E-state index in [-0.39, 0.29) is 17.4 Å². The molecule has 4 fully saturated rings. The van der Waals surface area contributed by atoms with E-state index in [1.807, 2.05) is 39.7 Å². The molecule has 2 aromatic rings. The van der Waals surface area contributed by atoms with E-state index in [1.165, 1.54) is 4.57 Å². The largest absolute Gasteiger partial charge is 0.352 e. The molecule has 22 heavy (non-hydrogen) atoms. The monoisotopic (exact) mass is 293 g/mol. The highest BCUT2D eigenvalue weighted by atomic mass is 16.2. The molecule has 6 aliphatic rings. The molecule has 2 bridgehead atoms. The molecule has 4 aliphatic carbocycles. The van der Waals surface area contributed by atoms with Gasteiger partial charge in [0.05, 0.1) is 17.8 Å². The third-order valence-electron chi connectivity index (χ3n) is 7.65. The van der Waals surface area contributed by atoms with Gasteiger partial charge in [-0.2, -0.15) is 0 Å². The Bertz CT molecular complexity index is 999. The van der Waals surface area contributed by atoms with Gasteiger partial charge < -0.3 is 0 Å². The van der Waals surface area contributed by atoms with Crippen LogP contribution in [0.15, 0.2) is 39.9 Å². The third kappa shape index (κ3) is 0.733. The second-order valence-electron chi connectivity index (χ2n) is 8.01. The highest BCUT2D eigenvalue weighted by Crippen LogP contribution is 2.96. The second kappa shape index (κ2) is 2.66. The van der Waals surface area contributed by atoms with Gasteiger partial charge in [-0.15, -0.1) is 0 Å². The summed E-state index contributed by atoms with van der Waals surface area (Å²) >= 11 is 0. The Balaban J connectivity index is 1.59. The van der Waals surface area contributed by atoms with Crippen LogP contribution in [0.4, 0.5) is 0 Å². The number of rotatable bonds is 1. The van der Waals surface area contributed by atoms with Crippen LogP contribution in [0.25, 0.3) is 5.69 Å². The molecule has 0 radical (unpaired) electrons. The van der Waals surface area contributed by atoms with Gasteiger partial charge in [0.25, 0.3) is 0 Å². The number of para-hydroxylation sites is 1. The van der Waals surface area contributed by atoms with E-state index in [1.54, 1.807) is 0 Å². The zero-order chi connectivity index (χ0) is 14.5. The van der Waals surface area contributed by atoms with Crippen LogP contribution in [0.3, 0.4) is 0 Å². The fourth-order valence-electron chi connectivity index (χ4n) is 7.16. The molecule has 0 N–H and O–H groups in total. The first-order valence-corrected chi connectivity index (χ1v) is 8.19. The summed E-state index contributed by atoms with van der Waals surface area (Å²) in [6.07, 6.45) is 0. The number of hydrogen-bond acceptors (Lipinski definition) is 2. The highest BCUT2D eigenvalue weighted by Gasteiger charge is 2.95. The molecule has 8 rings (SSSR count). The quantitative estimate of drug-likeness (QED) is 0.789. The van der Waals surface area contributed by atoms with Gasteiger partial charge in [0, 0.05) is 0 Å². The van der Waals surface area contributed by atoms with E-state index in [0.29, 0.717) is 34.9 Å². The van der Waals surface area contributed by atoms with Gasteiger partial charge in [-0.3, -0.25) is 0 Å². The fraction of sp³-hybridized carbons (Fsp3) is 0.529. The highest BCUT2D eigenvalue weighted by molar-refractivity contribution is 5.42. The van der Waals surface area contributed by atoms with Crippen molar-refractivity contribution in [2.75, 3.05) is 0 Å². The number of aromatic nitrogens is 3. The first-order chi connectivity index (χ1) is 10.7. The smallest absolute Gasteiger partial charge is 0.245 e. The van der Waals surface area contributed by atoms with Crippen LogP contribution in [0.1, 0.15) is 19.0 Å². The lowest BCUT2D eigenvalue weighted by Gasteiger charge is -2.41. The van der Waals surface area contributed by atoms with Crippen LogP contribution in [-0.2, 0) is 0 Å². The van der Waals surface area contributed by atoms with Crippen molar-refractivity contribution in [2.24, 2.45) is 35.0 Å². The molecule has 5 heteroatoms. The average Bonchev–Trinajstić information content (AvgIpc) is 3.26. The normalized spacial score (nSPS) is 50.1. The summed E-state index contributed by atoms with van der Waals surface area (Å²) in [4.78, 5) is 26.0. The summed E-state index contributed by atoms with van der Waals surface area (Å²) in [5.41, 5.74) is 0.715. The summed E-state index contributed by atoms with van der Waals surface area (Å²) in [5.74, 6) is 3.61. The predicted octanol–water partition coefficient (Wildman–Crippen LogP) is 1.04. The molecule has 0 spiro atoms. The van der Waals surface area contributed by atoms with Crippen molar-refractivity contribution in [3.63, 3.8) is 0 Å². The lowest BCUT2D eigenvalue weighted by molar-refractivity contribution is 0.0636. The van der Waals surface area contributed by atoms with Crippen molar-refractivity contribution in [1.29, 1.82) is 0 Å². The van der Waals surface area contributed by atoms with Gasteiger partial charge in [0.15, 0.2) is 0 Å². The number of hydrogen-bond donors (Lipinski definition) is 0. The maximum absolute atomic E-state index is 13.0. The molecule has 0 unspecified atom stereocenters. The molecular formula is C17H15N3O2. The molecule has 0 saturated heterocycles. The molecule has 2 aliphatic heterocycles. The molecule has 110 valence electrons. The predicted molar refractivity (Wildman–Crippen MR) is 77.9 cm³/mol. The van der Waals surface area contributed by atoms with E-state index < -0.39 is 0 Å². The van der Waals surface area contributed by atoms with E-state index in [9.17, 15) is 9.59 Å². The van der Waals surface area contributed by atoms with E-state index in [4.69, 9.17) is 0 Å². The molecule has 5 nitrogen and oxygen atoms in total.